The summed E-state index contributed by atoms with van der Waals surface area (Å²) in [5.74, 6) is 0. The molecule has 7 heteroatoms. The average Bonchev–Trinajstić information content (AvgIpc) is 2.33. The summed E-state index contributed by atoms with van der Waals surface area (Å²) in [7, 11) is 0. The molecule has 1 rings (SSSR count). The maximum atomic E-state index is 12.9. The molecule has 0 amide bonds. The minimum atomic E-state index is -4.59. The van der Waals surface area contributed by atoms with Gasteiger partial charge in [0.1, 0.15) is 5.70 Å². The Morgan fingerprint density at radius 3 is 2.35 bits per heavy atom. The van der Waals surface area contributed by atoms with Crippen LogP contribution in [0.3, 0.4) is 0 Å². The number of benzene rings is 1. The molecule has 0 spiro atoms. The molecule has 0 atom stereocenters. The molecule has 0 aliphatic carbocycles. The monoisotopic (exact) mass is 351 g/mol. The minimum Gasteiger partial charge on any atom is -0.364 e. The zero-order valence-corrected chi connectivity index (χ0v) is 12.0. The summed E-state index contributed by atoms with van der Waals surface area (Å²) < 4.78 is 39.2. The summed E-state index contributed by atoms with van der Waals surface area (Å²) >= 11 is 3.03. The van der Waals surface area contributed by atoms with Crippen molar-refractivity contribution in [2.45, 2.75) is 19.4 Å². The van der Waals surface area contributed by atoms with E-state index in [0.717, 1.165) is 6.08 Å². The smallest absolute Gasteiger partial charge is 0.364 e. The van der Waals surface area contributed by atoms with Gasteiger partial charge in [0.15, 0.2) is 6.29 Å². The van der Waals surface area contributed by atoms with Gasteiger partial charge < -0.3 is 15.5 Å². The van der Waals surface area contributed by atoms with Crippen LogP contribution in [0.15, 0.2) is 46.6 Å². The lowest BCUT2D eigenvalue weighted by Gasteiger charge is -2.17. The number of aliphatic hydroxyl groups excluding tert-OH is 1. The highest BCUT2D eigenvalue weighted by molar-refractivity contribution is 9.11. The highest BCUT2D eigenvalue weighted by Crippen LogP contribution is 2.30. The van der Waals surface area contributed by atoms with Crippen LogP contribution >= 0.6 is 15.9 Å². The Hall–Kier alpha value is -1.31. The minimum absolute atomic E-state index is 0.0216. The third-order valence-corrected chi connectivity index (χ3v) is 2.56. The molecule has 0 aliphatic rings. The van der Waals surface area contributed by atoms with Gasteiger partial charge in [0.2, 0.25) is 0 Å². The van der Waals surface area contributed by atoms with Crippen molar-refractivity contribution in [3.63, 3.8) is 0 Å². The number of hydrogen-bond donors (Lipinski definition) is 3. The van der Waals surface area contributed by atoms with Crippen molar-refractivity contribution in [1.29, 1.82) is 0 Å². The van der Waals surface area contributed by atoms with Gasteiger partial charge in [-0.2, -0.15) is 13.2 Å². The van der Waals surface area contributed by atoms with E-state index in [1.807, 2.05) is 0 Å². The molecule has 0 radical (unpaired) electrons. The second-order valence-corrected chi connectivity index (χ2v) is 5.17. The van der Waals surface area contributed by atoms with Crippen LogP contribution in [0.1, 0.15) is 18.8 Å². The van der Waals surface area contributed by atoms with Gasteiger partial charge in [-0.25, -0.2) is 0 Å². The molecule has 0 bridgehead atoms. The average molecular weight is 352 g/mol. The largest absolute Gasteiger partial charge is 0.431 e. The summed E-state index contributed by atoms with van der Waals surface area (Å²) in [4.78, 5) is 0. The van der Waals surface area contributed by atoms with Crippen molar-refractivity contribution in [3.8, 4) is 0 Å². The van der Waals surface area contributed by atoms with Crippen LogP contribution in [0.4, 0.5) is 18.9 Å². The van der Waals surface area contributed by atoms with Gasteiger partial charge in [-0.15, -0.1) is 0 Å². The van der Waals surface area contributed by atoms with Crippen molar-refractivity contribution in [1.82, 2.24) is 0 Å². The number of hydrogen-bond acceptors (Lipinski definition) is 3. The second-order valence-electron chi connectivity index (χ2n) is 3.92. The van der Waals surface area contributed by atoms with Gasteiger partial charge in [-0.1, -0.05) is 40.2 Å². The molecule has 1 aromatic rings. The molecular formula is C13H13BrF3NO2. The fraction of sp³-hybridized carbons (Fsp3) is 0.231. The molecule has 0 fully saturated rings. The Kier molecular flexibility index (Phi) is 5.79. The van der Waals surface area contributed by atoms with Crippen molar-refractivity contribution >= 4 is 21.6 Å². The molecule has 20 heavy (non-hydrogen) atoms. The van der Waals surface area contributed by atoms with E-state index in [1.165, 1.54) is 30.3 Å². The molecule has 0 aliphatic heterocycles. The van der Waals surface area contributed by atoms with Crippen LogP contribution in [0.5, 0.6) is 0 Å². The first-order valence-corrected chi connectivity index (χ1v) is 6.34. The van der Waals surface area contributed by atoms with Crippen LogP contribution in [-0.4, -0.2) is 16.4 Å². The number of allylic oxidation sites excluding steroid dienone is 4. The van der Waals surface area contributed by atoms with E-state index in [9.17, 15) is 13.2 Å². The summed E-state index contributed by atoms with van der Waals surface area (Å²) in [5, 5.41) is 20.4. The third kappa shape index (κ3) is 4.99. The zero-order chi connectivity index (χ0) is 15.3. The highest BCUT2D eigenvalue weighted by Gasteiger charge is 2.34. The molecule has 1 aromatic carbocycles. The summed E-state index contributed by atoms with van der Waals surface area (Å²) in [6.07, 6.45) is -4.34. The van der Waals surface area contributed by atoms with E-state index in [-0.39, 0.29) is 11.3 Å². The lowest BCUT2D eigenvalue weighted by Crippen LogP contribution is -2.20. The molecule has 110 valence electrons. The van der Waals surface area contributed by atoms with Crippen molar-refractivity contribution < 1.29 is 23.4 Å². The topological polar surface area (TPSA) is 52.5 Å². The van der Waals surface area contributed by atoms with Gasteiger partial charge in [-0.3, -0.25) is 0 Å². The summed E-state index contributed by atoms with van der Waals surface area (Å²) in [6, 6.07) is 5.65. The first-order valence-electron chi connectivity index (χ1n) is 5.55. The lowest BCUT2D eigenvalue weighted by atomic mass is 10.1. The molecule has 0 saturated heterocycles. The summed E-state index contributed by atoms with van der Waals surface area (Å²) in [5.41, 5.74) is -1.07. The van der Waals surface area contributed by atoms with Crippen LogP contribution in [-0.2, 0) is 0 Å². The molecular weight excluding hydrogens is 339 g/mol. The predicted octanol–water partition coefficient (Wildman–Crippen LogP) is 3.83. The number of rotatable bonds is 4. The predicted molar refractivity (Wildman–Crippen MR) is 74.1 cm³/mol. The fourth-order valence-electron chi connectivity index (χ4n) is 1.39. The van der Waals surface area contributed by atoms with E-state index in [2.05, 4.69) is 21.2 Å². The van der Waals surface area contributed by atoms with Crippen molar-refractivity contribution in [2.24, 2.45) is 0 Å². The van der Waals surface area contributed by atoms with Crippen molar-refractivity contribution in [2.75, 3.05) is 5.32 Å². The number of anilines is 1. The summed E-state index contributed by atoms with van der Waals surface area (Å²) in [6.45, 7) is 1.59. The first kappa shape index (κ1) is 16.7. The van der Waals surface area contributed by atoms with Crippen LogP contribution < -0.4 is 5.32 Å². The number of alkyl halides is 3. The number of halogens is 4. The molecule has 0 saturated carbocycles. The Bertz CT molecular complexity index is 521. The van der Waals surface area contributed by atoms with Gasteiger partial charge in [-0.05, 0) is 23.5 Å². The van der Waals surface area contributed by atoms with E-state index in [1.54, 1.807) is 6.92 Å². The number of nitrogens with one attached hydrogen (secondary N) is 1. The third-order valence-electron chi connectivity index (χ3n) is 2.29. The van der Waals surface area contributed by atoms with E-state index < -0.39 is 18.2 Å². The highest BCUT2D eigenvalue weighted by atomic mass is 79.9. The van der Waals surface area contributed by atoms with Gasteiger partial charge in [0, 0.05) is 11.3 Å². The van der Waals surface area contributed by atoms with Gasteiger partial charge in [0.25, 0.3) is 0 Å². The van der Waals surface area contributed by atoms with E-state index >= 15 is 0 Å². The maximum Gasteiger partial charge on any atom is 0.431 e. The molecule has 0 unspecified atom stereocenters. The number of para-hydroxylation sites is 1. The fourth-order valence-corrected chi connectivity index (χ4v) is 1.52. The Morgan fingerprint density at radius 1 is 1.25 bits per heavy atom. The van der Waals surface area contributed by atoms with Crippen molar-refractivity contribution in [3.05, 3.63) is 52.2 Å². The standard InChI is InChI=1S/C13H13BrF3NO2/c1-8(14)6-7-11(13(15,16)17)18-10-5-3-2-4-9(10)12(19)20/h2-7,12,18-20H,1H3/b8-6+,11-7-. The molecule has 3 nitrogen and oxygen atoms in total. The van der Waals surface area contributed by atoms with Gasteiger partial charge in [0.05, 0.1) is 0 Å². The Morgan fingerprint density at radius 2 is 1.85 bits per heavy atom. The molecule has 3 N–H and O–H groups in total. The normalized spacial score (nSPS) is 13.8. The Balaban J connectivity index is 3.15. The molecule has 0 aromatic heterocycles. The van der Waals surface area contributed by atoms with Crippen LogP contribution in [0.25, 0.3) is 0 Å². The lowest BCUT2D eigenvalue weighted by molar-refractivity contribution is -0.0904. The second kappa shape index (κ2) is 6.92. The van der Waals surface area contributed by atoms with E-state index in [0.29, 0.717) is 4.48 Å². The quantitative estimate of drug-likeness (QED) is 0.570. The van der Waals surface area contributed by atoms with Crippen LogP contribution in [0, 0.1) is 0 Å². The maximum absolute atomic E-state index is 12.9. The van der Waals surface area contributed by atoms with E-state index in [4.69, 9.17) is 10.2 Å². The van der Waals surface area contributed by atoms with Crippen LogP contribution in [0.2, 0.25) is 0 Å². The first-order chi connectivity index (χ1) is 9.21. The SMILES string of the molecule is C/C(Br)=C\C=C(/Nc1ccccc1C(O)O)C(F)(F)F. The Labute approximate surface area is 122 Å². The molecule has 0 heterocycles. The zero-order valence-electron chi connectivity index (χ0n) is 10.4. The number of aliphatic hydroxyl groups is 2. The van der Waals surface area contributed by atoms with Gasteiger partial charge >= 0.3 is 6.18 Å².